The lowest BCUT2D eigenvalue weighted by Gasteiger charge is -2.01. The first-order valence-corrected chi connectivity index (χ1v) is 4.38. The highest BCUT2D eigenvalue weighted by atomic mass is 79.9. The van der Waals surface area contributed by atoms with E-state index in [-0.39, 0.29) is 0 Å². The number of rotatable bonds is 1. The molecule has 0 aliphatic rings. The Labute approximate surface area is 81.3 Å². The van der Waals surface area contributed by atoms with E-state index in [4.69, 9.17) is 0 Å². The predicted octanol–water partition coefficient (Wildman–Crippen LogP) is 3.19. The fraction of sp³-hybridized carbons (Fsp3) is 0.125. The van der Waals surface area contributed by atoms with E-state index in [0.29, 0.717) is 11.0 Å². The van der Waals surface area contributed by atoms with E-state index in [1.165, 1.54) is 12.4 Å². The zero-order valence-electron chi connectivity index (χ0n) is 6.42. The Kier molecular flexibility index (Phi) is 2.03. The van der Waals surface area contributed by atoms with Crippen molar-refractivity contribution in [3.05, 3.63) is 29.0 Å². The lowest BCUT2D eigenvalue weighted by atomic mass is 10.3. The largest absolute Gasteiger partial charge is 0.320 e. The zero-order valence-corrected chi connectivity index (χ0v) is 8.00. The molecule has 2 aromatic rings. The molecule has 2 rings (SSSR count). The van der Waals surface area contributed by atoms with Crippen LogP contribution >= 0.6 is 15.9 Å². The van der Waals surface area contributed by atoms with Crippen molar-refractivity contribution in [2.75, 3.05) is 0 Å². The molecule has 2 heterocycles. The molecule has 0 aliphatic heterocycles. The van der Waals surface area contributed by atoms with Crippen molar-refractivity contribution < 1.29 is 8.78 Å². The van der Waals surface area contributed by atoms with E-state index in [1.54, 1.807) is 12.1 Å². The molecule has 0 fully saturated rings. The summed E-state index contributed by atoms with van der Waals surface area (Å²) in [5, 5.41) is 0.703. The van der Waals surface area contributed by atoms with Gasteiger partial charge < -0.3 is 0 Å². The van der Waals surface area contributed by atoms with E-state index < -0.39 is 6.55 Å². The highest BCUT2D eigenvalue weighted by Gasteiger charge is 2.09. The van der Waals surface area contributed by atoms with Crippen molar-refractivity contribution in [1.82, 2.24) is 9.55 Å². The average Bonchev–Trinajstić information content (AvgIpc) is 2.46. The monoisotopic (exact) mass is 246 g/mol. The minimum Gasteiger partial charge on any atom is -0.275 e. The number of aromatic nitrogens is 2. The van der Waals surface area contributed by atoms with Gasteiger partial charge in [-0.3, -0.25) is 4.57 Å². The standard InChI is InChI=1S/C8H5BrF2N2/c9-6-3-5-1-2-13(8(10)11)7(5)12-4-6/h1-4,8H. The molecule has 13 heavy (non-hydrogen) atoms. The summed E-state index contributed by atoms with van der Waals surface area (Å²) in [4.78, 5) is 3.90. The average molecular weight is 247 g/mol. The van der Waals surface area contributed by atoms with Crippen molar-refractivity contribution in [3.63, 3.8) is 0 Å². The lowest BCUT2D eigenvalue weighted by molar-refractivity contribution is 0.0746. The summed E-state index contributed by atoms with van der Waals surface area (Å²) in [5.74, 6) is 0. The molecule has 0 atom stereocenters. The van der Waals surface area contributed by atoms with Crippen molar-refractivity contribution >= 4 is 27.0 Å². The summed E-state index contributed by atoms with van der Waals surface area (Å²) in [6.07, 6.45) is 2.83. The Balaban J connectivity index is 2.69. The highest BCUT2D eigenvalue weighted by molar-refractivity contribution is 9.10. The molecule has 0 bridgehead atoms. The van der Waals surface area contributed by atoms with E-state index in [2.05, 4.69) is 20.9 Å². The molecule has 0 aromatic carbocycles. The van der Waals surface area contributed by atoms with Crippen LogP contribution in [-0.2, 0) is 0 Å². The molecular formula is C8H5BrF2N2. The molecule has 2 nitrogen and oxygen atoms in total. The molecule has 0 unspecified atom stereocenters. The maximum absolute atomic E-state index is 12.3. The number of hydrogen-bond donors (Lipinski definition) is 0. The number of fused-ring (bicyclic) bond motifs is 1. The van der Waals surface area contributed by atoms with Crippen LogP contribution in [0.5, 0.6) is 0 Å². The van der Waals surface area contributed by atoms with Gasteiger partial charge in [0, 0.05) is 22.3 Å². The molecule has 0 aliphatic carbocycles. The van der Waals surface area contributed by atoms with E-state index in [1.807, 2.05) is 0 Å². The topological polar surface area (TPSA) is 17.8 Å². The van der Waals surface area contributed by atoms with Gasteiger partial charge in [0.1, 0.15) is 5.65 Å². The van der Waals surface area contributed by atoms with Crippen molar-refractivity contribution in [3.8, 4) is 0 Å². The fourth-order valence-electron chi connectivity index (χ4n) is 1.17. The van der Waals surface area contributed by atoms with Crippen molar-refractivity contribution in [1.29, 1.82) is 0 Å². The molecule has 0 saturated carbocycles. The molecule has 0 amide bonds. The second kappa shape index (κ2) is 3.06. The Morgan fingerprint density at radius 1 is 1.46 bits per heavy atom. The number of alkyl halides is 2. The molecule has 0 radical (unpaired) electrons. The van der Waals surface area contributed by atoms with Crippen molar-refractivity contribution in [2.45, 2.75) is 6.55 Å². The fourth-order valence-corrected chi connectivity index (χ4v) is 1.52. The SMILES string of the molecule is FC(F)n1ccc2cc(Br)cnc21. The van der Waals surface area contributed by atoms with Crippen LogP contribution in [-0.4, -0.2) is 9.55 Å². The van der Waals surface area contributed by atoms with Gasteiger partial charge in [-0.2, -0.15) is 8.78 Å². The molecule has 5 heteroatoms. The molecule has 0 N–H and O–H groups in total. The highest BCUT2D eigenvalue weighted by Crippen LogP contribution is 2.22. The van der Waals surface area contributed by atoms with Gasteiger partial charge in [-0.25, -0.2) is 4.98 Å². The second-order valence-electron chi connectivity index (χ2n) is 2.57. The lowest BCUT2D eigenvalue weighted by Crippen LogP contribution is -1.96. The molecule has 2 aromatic heterocycles. The maximum Gasteiger partial charge on any atom is 0.320 e. The van der Waals surface area contributed by atoms with E-state index >= 15 is 0 Å². The maximum atomic E-state index is 12.3. The summed E-state index contributed by atoms with van der Waals surface area (Å²) >= 11 is 3.22. The van der Waals surface area contributed by atoms with Crippen LogP contribution in [0.4, 0.5) is 8.78 Å². The first-order valence-electron chi connectivity index (χ1n) is 3.59. The predicted molar refractivity (Wildman–Crippen MR) is 48.7 cm³/mol. The van der Waals surface area contributed by atoms with Crippen LogP contribution in [0, 0.1) is 0 Å². The molecule has 0 spiro atoms. The van der Waals surface area contributed by atoms with Gasteiger partial charge in [0.15, 0.2) is 0 Å². The van der Waals surface area contributed by atoms with Gasteiger partial charge >= 0.3 is 6.55 Å². The third-order valence-electron chi connectivity index (χ3n) is 1.73. The van der Waals surface area contributed by atoms with Gasteiger partial charge in [0.05, 0.1) is 0 Å². The van der Waals surface area contributed by atoms with Crippen molar-refractivity contribution in [2.24, 2.45) is 0 Å². The van der Waals surface area contributed by atoms with E-state index in [0.717, 1.165) is 9.04 Å². The van der Waals surface area contributed by atoms with Gasteiger partial charge in [-0.05, 0) is 28.1 Å². The van der Waals surface area contributed by atoms with Gasteiger partial charge in [-0.15, -0.1) is 0 Å². The van der Waals surface area contributed by atoms with Gasteiger partial charge in [0.25, 0.3) is 0 Å². The van der Waals surface area contributed by atoms with Crippen LogP contribution in [0.3, 0.4) is 0 Å². The second-order valence-corrected chi connectivity index (χ2v) is 3.48. The third kappa shape index (κ3) is 1.44. The van der Waals surface area contributed by atoms with Gasteiger partial charge in [0.2, 0.25) is 0 Å². The van der Waals surface area contributed by atoms with E-state index in [9.17, 15) is 8.78 Å². The Bertz CT molecular complexity index is 439. The normalized spacial score (nSPS) is 11.4. The zero-order chi connectivity index (χ0) is 9.42. The quantitative estimate of drug-likeness (QED) is 0.756. The van der Waals surface area contributed by atoms with Crippen LogP contribution in [0.25, 0.3) is 11.0 Å². The molecule has 0 saturated heterocycles. The number of nitrogens with zero attached hydrogens (tertiary/aromatic N) is 2. The van der Waals surface area contributed by atoms with Gasteiger partial charge in [-0.1, -0.05) is 0 Å². The third-order valence-corrected chi connectivity index (χ3v) is 2.16. The summed E-state index contributed by atoms with van der Waals surface area (Å²) < 4.78 is 26.3. The van der Waals surface area contributed by atoms with Crippen LogP contribution in [0.1, 0.15) is 6.55 Å². The molecule has 68 valence electrons. The number of pyridine rings is 1. The summed E-state index contributed by atoms with van der Waals surface area (Å²) in [6.45, 7) is -2.54. The van der Waals surface area contributed by atoms with Crippen LogP contribution in [0.15, 0.2) is 29.0 Å². The number of hydrogen-bond acceptors (Lipinski definition) is 1. The minimum absolute atomic E-state index is 0.304. The summed E-state index contributed by atoms with van der Waals surface area (Å²) in [5.41, 5.74) is 0.304. The smallest absolute Gasteiger partial charge is 0.275 e. The summed E-state index contributed by atoms with van der Waals surface area (Å²) in [6, 6.07) is 3.36. The molecular weight excluding hydrogens is 242 g/mol. The Morgan fingerprint density at radius 3 is 2.92 bits per heavy atom. The summed E-state index contributed by atoms with van der Waals surface area (Å²) in [7, 11) is 0. The first-order chi connectivity index (χ1) is 6.18. The minimum atomic E-state index is -2.54. The number of halogens is 3. The first kappa shape index (κ1) is 8.62. The van der Waals surface area contributed by atoms with Crippen LogP contribution in [0.2, 0.25) is 0 Å². The Hall–Kier alpha value is -0.970. The van der Waals surface area contributed by atoms with Crippen LogP contribution < -0.4 is 0 Å². The Morgan fingerprint density at radius 2 is 2.23 bits per heavy atom.